The van der Waals surface area contributed by atoms with Crippen LogP contribution < -0.4 is 10.1 Å². The molecule has 0 bridgehead atoms. The van der Waals surface area contributed by atoms with Gasteiger partial charge in [-0.15, -0.1) is 0 Å². The average Bonchev–Trinajstić information content (AvgIpc) is 2.53. The molecule has 5 nitrogen and oxygen atoms in total. The molecule has 3 atom stereocenters. The minimum Gasteiger partial charge on any atom is -0.489 e. The van der Waals surface area contributed by atoms with Crippen molar-refractivity contribution < 1.29 is 19.0 Å². The van der Waals surface area contributed by atoms with Gasteiger partial charge in [-0.2, -0.15) is 0 Å². The van der Waals surface area contributed by atoms with Crippen molar-refractivity contribution in [2.75, 3.05) is 19.6 Å². The number of rotatable bonds is 5. The fourth-order valence-corrected chi connectivity index (χ4v) is 2.55. The van der Waals surface area contributed by atoms with Crippen molar-refractivity contribution in [2.24, 2.45) is 5.92 Å². The molecule has 0 spiro atoms. The maximum Gasteiger partial charge on any atom is 0.317 e. The number of β-amino-alcohol motifs (C(OH)–C–C–N with tert-alkyl or cyclic N) is 1. The Hall–Kier alpha value is -1.82. The van der Waals surface area contributed by atoms with Crippen molar-refractivity contribution in [2.45, 2.75) is 38.9 Å². The molecular formula is C17H25FN2O3. The van der Waals surface area contributed by atoms with Crippen molar-refractivity contribution in [3.05, 3.63) is 30.1 Å². The maximum atomic E-state index is 13.2. The molecule has 0 aromatic heterocycles. The summed E-state index contributed by atoms with van der Waals surface area (Å²) in [5, 5.41) is 12.7. The number of piperidine rings is 1. The van der Waals surface area contributed by atoms with Crippen LogP contribution in [0.1, 0.15) is 26.7 Å². The standard InChI is InChI=1S/C17H25FN2O3/c1-3-14(23-15-6-4-5-13(18)9-15)10-19-17(22)20-8-7-12(2)16(21)11-20/h4-6,9,12,14,16,21H,3,7-8,10-11H2,1-2H3,(H,19,22). The Balaban J connectivity index is 1.82. The number of carbonyl (C=O) groups excluding carboxylic acids is 1. The van der Waals surface area contributed by atoms with Crippen LogP contribution in [0.25, 0.3) is 0 Å². The Morgan fingerprint density at radius 1 is 1.57 bits per heavy atom. The van der Waals surface area contributed by atoms with Gasteiger partial charge < -0.3 is 20.1 Å². The van der Waals surface area contributed by atoms with Crippen molar-refractivity contribution in [1.29, 1.82) is 0 Å². The van der Waals surface area contributed by atoms with E-state index >= 15 is 0 Å². The number of hydrogen-bond acceptors (Lipinski definition) is 3. The number of nitrogens with zero attached hydrogens (tertiary/aromatic N) is 1. The molecule has 23 heavy (non-hydrogen) atoms. The highest BCUT2D eigenvalue weighted by atomic mass is 19.1. The van der Waals surface area contributed by atoms with Crippen LogP contribution in [0.3, 0.4) is 0 Å². The van der Waals surface area contributed by atoms with E-state index < -0.39 is 6.10 Å². The molecule has 2 N–H and O–H groups in total. The Morgan fingerprint density at radius 3 is 3.00 bits per heavy atom. The summed E-state index contributed by atoms with van der Waals surface area (Å²) >= 11 is 0. The van der Waals surface area contributed by atoms with Crippen molar-refractivity contribution in [1.82, 2.24) is 10.2 Å². The second-order valence-corrected chi connectivity index (χ2v) is 6.07. The Labute approximate surface area is 136 Å². The van der Waals surface area contributed by atoms with Crippen LogP contribution >= 0.6 is 0 Å². The molecule has 128 valence electrons. The average molecular weight is 324 g/mol. The number of ether oxygens (including phenoxy) is 1. The fourth-order valence-electron chi connectivity index (χ4n) is 2.55. The summed E-state index contributed by atoms with van der Waals surface area (Å²) in [5.41, 5.74) is 0. The molecule has 2 amide bonds. The van der Waals surface area contributed by atoms with Gasteiger partial charge in [0.15, 0.2) is 0 Å². The van der Waals surface area contributed by atoms with Gasteiger partial charge in [-0.3, -0.25) is 0 Å². The van der Waals surface area contributed by atoms with E-state index in [0.717, 1.165) is 6.42 Å². The smallest absolute Gasteiger partial charge is 0.317 e. The lowest BCUT2D eigenvalue weighted by atomic mass is 9.96. The van der Waals surface area contributed by atoms with E-state index in [1.165, 1.54) is 12.1 Å². The minimum absolute atomic E-state index is 0.197. The summed E-state index contributed by atoms with van der Waals surface area (Å²) in [6.45, 7) is 5.27. The predicted octanol–water partition coefficient (Wildman–Crippen LogP) is 2.40. The lowest BCUT2D eigenvalue weighted by molar-refractivity contribution is 0.0429. The van der Waals surface area contributed by atoms with Crippen LogP contribution in [0, 0.1) is 11.7 Å². The van der Waals surface area contributed by atoms with E-state index in [1.54, 1.807) is 17.0 Å². The van der Waals surface area contributed by atoms with Gasteiger partial charge in [-0.25, -0.2) is 9.18 Å². The van der Waals surface area contributed by atoms with Gasteiger partial charge in [-0.1, -0.05) is 19.9 Å². The first-order valence-electron chi connectivity index (χ1n) is 8.12. The first-order valence-corrected chi connectivity index (χ1v) is 8.12. The molecule has 0 saturated carbocycles. The molecule has 1 aromatic carbocycles. The molecule has 1 aliphatic heterocycles. The highest BCUT2D eigenvalue weighted by molar-refractivity contribution is 5.74. The lowest BCUT2D eigenvalue weighted by Gasteiger charge is -2.34. The monoisotopic (exact) mass is 324 g/mol. The third kappa shape index (κ3) is 5.10. The summed E-state index contributed by atoms with van der Waals surface area (Å²) in [6, 6.07) is 5.77. The number of amides is 2. The largest absolute Gasteiger partial charge is 0.489 e. The van der Waals surface area contributed by atoms with Gasteiger partial charge in [0.05, 0.1) is 12.6 Å². The zero-order valence-corrected chi connectivity index (χ0v) is 13.7. The van der Waals surface area contributed by atoms with E-state index in [1.807, 2.05) is 13.8 Å². The molecule has 0 aliphatic carbocycles. The second kappa shape index (κ2) is 8.15. The summed E-state index contributed by atoms with van der Waals surface area (Å²) in [5.74, 6) is 0.324. The van der Waals surface area contributed by atoms with Crippen LogP contribution in [0.5, 0.6) is 5.75 Å². The minimum atomic E-state index is -0.472. The van der Waals surface area contributed by atoms with Crippen molar-refractivity contribution >= 4 is 6.03 Å². The highest BCUT2D eigenvalue weighted by Crippen LogP contribution is 2.17. The molecule has 3 unspecified atom stereocenters. The van der Waals surface area contributed by atoms with Crippen LogP contribution in [0.4, 0.5) is 9.18 Å². The Kier molecular flexibility index (Phi) is 6.21. The molecule has 1 aromatic rings. The summed E-state index contributed by atoms with van der Waals surface area (Å²) in [6.07, 6.45) is 0.789. The third-order valence-electron chi connectivity index (χ3n) is 4.24. The van der Waals surface area contributed by atoms with E-state index in [9.17, 15) is 14.3 Å². The number of benzene rings is 1. The molecule has 6 heteroatoms. The first kappa shape index (κ1) is 17.5. The van der Waals surface area contributed by atoms with Gasteiger partial charge in [0, 0.05) is 19.2 Å². The van der Waals surface area contributed by atoms with Gasteiger partial charge in [0.1, 0.15) is 17.7 Å². The van der Waals surface area contributed by atoms with E-state index in [4.69, 9.17) is 4.74 Å². The maximum absolute atomic E-state index is 13.2. The van der Waals surface area contributed by atoms with Gasteiger partial charge in [0.2, 0.25) is 0 Å². The van der Waals surface area contributed by atoms with Gasteiger partial charge in [0.25, 0.3) is 0 Å². The quantitative estimate of drug-likeness (QED) is 0.874. The number of aliphatic hydroxyl groups excluding tert-OH is 1. The van der Waals surface area contributed by atoms with Gasteiger partial charge in [-0.05, 0) is 30.9 Å². The number of urea groups is 1. The normalized spacial score (nSPS) is 22.5. The van der Waals surface area contributed by atoms with E-state index in [-0.39, 0.29) is 23.9 Å². The number of halogens is 1. The lowest BCUT2D eigenvalue weighted by Crippen LogP contribution is -2.51. The molecule has 2 rings (SSSR count). The molecule has 1 heterocycles. The molecule has 1 aliphatic rings. The highest BCUT2D eigenvalue weighted by Gasteiger charge is 2.27. The molecule has 1 fully saturated rings. The first-order chi connectivity index (χ1) is 11.0. The Bertz CT molecular complexity index is 526. The number of likely N-dealkylation sites (tertiary alicyclic amines) is 1. The second-order valence-electron chi connectivity index (χ2n) is 6.07. The Morgan fingerprint density at radius 2 is 2.35 bits per heavy atom. The van der Waals surface area contributed by atoms with Crippen LogP contribution in [0.2, 0.25) is 0 Å². The van der Waals surface area contributed by atoms with Crippen molar-refractivity contribution in [3.63, 3.8) is 0 Å². The van der Waals surface area contributed by atoms with Crippen LogP contribution in [0.15, 0.2) is 24.3 Å². The van der Waals surface area contributed by atoms with Crippen LogP contribution in [-0.4, -0.2) is 47.9 Å². The summed E-state index contributed by atoms with van der Waals surface area (Å²) in [7, 11) is 0. The van der Waals surface area contributed by atoms with E-state index in [2.05, 4.69) is 5.32 Å². The van der Waals surface area contributed by atoms with Crippen molar-refractivity contribution in [3.8, 4) is 5.75 Å². The predicted molar refractivity (Wildman–Crippen MR) is 85.9 cm³/mol. The fraction of sp³-hybridized carbons (Fsp3) is 0.588. The van der Waals surface area contributed by atoms with Crippen LogP contribution in [-0.2, 0) is 0 Å². The summed E-state index contributed by atoms with van der Waals surface area (Å²) in [4.78, 5) is 13.8. The van der Waals surface area contributed by atoms with E-state index in [0.29, 0.717) is 31.8 Å². The molecule has 1 saturated heterocycles. The number of hydrogen-bond donors (Lipinski definition) is 2. The number of carbonyl (C=O) groups is 1. The number of aliphatic hydroxyl groups is 1. The van der Waals surface area contributed by atoms with Gasteiger partial charge >= 0.3 is 6.03 Å². The SMILES string of the molecule is CCC(CNC(=O)N1CCC(C)C(O)C1)Oc1cccc(F)c1. The molecule has 0 radical (unpaired) electrons. The zero-order valence-electron chi connectivity index (χ0n) is 13.7. The summed E-state index contributed by atoms with van der Waals surface area (Å²) < 4.78 is 18.9. The third-order valence-corrected chi connectivity index (χ3v) is 4.24. The zero-order chi connectivity index (χ0) is 16.8. The topological polar surface area (TPSA) is 61.8 Å². The number of nitrogens with one attached hydrogen (secondary N) is 1. The molecular weight excluding hydrogens is 299 g/mol.